The van der Waals surface area contributed by atoms with Gasteiger partial charge in [0, 0.05) is 6.20 Å². The van der Waals surface area contributed by atoms with Crippen molar-refractivity contribution in [1.29, 1.82) is 0 Å². The number of carbonyl (C=O) groups excluding carboxylic acids is 2. The summed E-state index contributed by atoms with van der Waals surface area (Å²) in [4.78, 5) is 46.5. The Morgan fingerprint density at radius 3 is 2.52 bits per heavy atom. The first-order valence-electron chi connectivity index (χ1n) is 7.35. The fourth-order valence-electron chi connectivity index (χ4n) is 3.14. The van der Waals surface area contributed by atoms with Gasteiger partial charge >= 0.3 is 6.03 Å². The van der Waals surface area contributed by atoms with Gasteiger partial charge in [-0.1, -0.05) is 12.2 Å². The van der Waals surface area contributed by atoms with Crippen LogP contribution in [0.5, 0.6) is 0 Å². The number of imide groups is 1. The van der Waals surface area contributed by atoms with Gasteiger partial charge in [-0.05, 0) is 6.08 Å². The van der Waals surface area contributed by atoms with Crippen molar-refractivity contribution in [1.82, 2.24) is 22.5 Å². The number of amides is 3. The van der Waals surface area contributed by atoms with Crippen molar-refractivity contribution in [3.8, 4) is 0 Å². The fraction of sp³-hybridized carbons (Fsp3) is 0.538. The smallest absolute Gasteiger partial charge is 0.328 e. The van der Waals surface area contributed by atoms with Crippen LogP contribution in [0.15, 0.2) is 24.4 Å². The third-order valence-electron chi connectivity index (χ3n) is 4.27. The lowest BCUT2D eigenvalue weighted by Gasteiger charge is -2.40. The largest absolute Gasteiger partial charge is 0.790 e. The Kier molecular flexibility index (Phi) is 7.41. The minimum atomic E-state index is -5.29. The number of allylic oxidation sites excluding steroid dienone is 2. The predicted molar refractivity (Wildman–Crippen MR) is 87.1 cm³/mol. The molecule has 0 aromatic carbocycles. The van der Waals surface area contributed by atoms with Gasteiger partial charge in [0.1, 0.15) is 24.4 Å². The summed E-state index contributed by atoms with van der Waals surface area (Å²) in [7, 11) is -5.29. The maximum atomic E-state index is 12.3. The van der Waals surface area contributed by atoms with E-state index in [-0.39, 0.29) is 12.3 Å². The molecule has 11 N–H and O–H groups in total. The molecule has 0 radical (unpaired) electrons. The van der Waals surface area contributed by atoms with E-state index in [2.05, 4.69) is 9.84 Å². The van der Waals surface area contributed by atoms with E-state index >= 15 is 0 Å². The second-order valence-corrected chi connectivity index (χ2v) is 6.96. The van der Waals surface area contributed by atoms with Crippen LogP contribution >= 0.6 is 7.82 Å². The Labute approximate surface area is 154 Å². The van der Waals surface area contributed by atoms with E-state index in [4.69, 9.17) is 4.74 Å². The van der Waals surface area contributed by atoms with Crippen LogP contribution in [-0.2, 0) is 18.6 Å². The predicted octanol–water partition coefficient (Wildman–Crippen LogP) is -2.31. The average Bonchev–Trinajstić information content (AvgIpc) is 2.81. The summed E-state index contributed by atoms with van der Waals surface area (Å²) in [6.07, 6.45) is 0.537. The van der Waals surface area contributed by atoms with Gasteiger partial charge in [-0.2, -0.15) is 0 Å². The molecule has 2 fully saturated rings. The third-order valence-corrected chi connectivity index (χ3v) is 4.74. The normalized spacial score (nSPS) is 35.2. The van der Waals surface area contributed by atoms with Gasteiger partial charge in [0.25, 0.3) is 0 Å². The van der Waals surface area contributed by atoms with Crippen molar-refractivity contribution < 1.29 is 43.4 Å². The van der Waals surface area contributed by atoms with Crippen molar-refractivity contribution in [3.05, 3.63) is 24.4 Å². The summed E-state index contributed by atoms with van der Waals surface area (Å²) in [6.45, 7) is -0.795. The molecule has 6 atom stereocenters. The molecule has 3 rings (SSSR count). The van der Waals surface area contributed by atoms with Gasteiger partial charge in [0.05, 0.1) is 26.4 Å². The molecule has 0 bridgehead atoms. The summed E-state index contributed by atoms with van der Waals surface area (Å²) in [6, 6.07) is -1.39. The van der Waals surface area contributed by atoms with E-state index in [0.717, 1.165) is 0 Å². The summed E-state index contributed by atoms with van der Waals surface area (Å²) >= 11 is 0. The van der Waals surface area contributed by atoms with E-state index in [9.17, 15) is 34.2 Å². The number of nitrogens with zero attached hydrogens (tertiary/aromatic N) is 1. The molecule has 3 aliphatic heterocycles. The number of fused-ring (bicyclic) bond motifs is 1. The Balaban J connectivity index is 0.00000182. The molecule has 0 aliphatic carbocycles. The highest BCUT2D eigenvalue weighted by atomic mass is 31.2. The SMILES string of the molecule is O=C1NC(=O)N2C=CC=CC2C1[C@@H]1O[C@H](COP(=O)([O-])[O-])[C@@H](O)[C@H]1O.[NH4+].[NH4+]. The highest BCUT2D eigenvalue weighted by Crippen LogP contribution is 2.35. The van der Waals surface area contributed by atoms with E-state index < -0.39 is 62.7 Å². The Bertz CT molecular complexity index is 681. The molecule has 3 aliphatic rings. The lowest BCUT2D eigenvalue weighted by atomic mass is 9.85. The van der Waals surface area contributed by atoms with Gasteiger partial charge in [-0.15, -0.1) is 0 Å². The third kappa shape index (κ3) is 4.60. The molecule has 3 heterocycles. The Hall–Kier alpha value is -1.67. The van der Waals surface area contributed by atoms with Crippen molar-refractivity contribution in [2.24, 2.45) is 5.92 Å². The molecule has 13 nitrogen and oxygen atoms in total. The highest BCUT2D eigenvalue weighted by molar-refractivity contribution is 7.43. The molecule has 0 spiro atoms. The molecular formula is C13H23N4O9P. The van der Waals surface area contributed by atoms with Gasteiger partial charge in [0.2, 0.25) is 5.91 Å². The van der Waals surface area contributed by atoms with Crippen LogP contribution < -0.4 is 27.4 Å². The number of aliphatic hydroxyl groups excluding tert-OH is 2. The average molecular weight is 410 g/mol. The number of quaternary nitrogens is 2. The molecule has 2 saturated heterocycles. The number of carbonyl (C=O) groups is 2. The van der Waals surface area contributed by atoms with E-state index in [1.165, 1.54) is 11.1 Å². The zero-order valence-corrected chi connectivity index (χ0v) is 15.5. The molecule has 2 unspecified atom stereocenters. The number of aliphatic hydroxyl groups is 2. The van der Waals surface area contributed by atoms with Crippen LogP contribution in [0.25, 0.3) is 0 Å². The lowest BCUT2D eigenvalue weighted by molar-refractivity contribution is -0.343. The molecule has 3 amide bonds. The lowest BCUT2D eigenvalue weighted by Crippen LogP contribution is -2.62. The summed E-state index contributed by atoms with van der Waals surface area (Å²) in [5, 5.41) is 22.3. The topological polar surface area (TPSA) is 245 Å². The molecular weight excluding hydrogens is 387 g/mol. The van der Waals surface area contributed by atoms with Gasteiger partial charge < -0.3 is 46.1 Å². The summed E-state index contributed by atoms with van der Waals surface area (Å²) in [5.41, 5.74) is 0. The first kappa shape index (κ1) is 23.4. The second kappa shape index (κ2) is 8.56. The zero-order valence-electron chi connectivity index (χ0n) is 14.6. The number of hydrogen-bond donors (Lipinski definition) is 5. The van der Waals surface area contributed by atoms with Crippen molar-refractivity contribution >= 4 is 19.8 Å². The molecule has 0 aromatic rings. The van der Waals surface area contributed by atoms with Crippen LogP contribution in [0.1, 0.15) is 0 Å². The van der Waals surface area contributed by atoms with Gasteiger partial charge in [-0.25, -0.2) is 4.79 Å². The zero-order chi connectivity index (χ0) is 18.4. The number of rotatable bonds is 4. The van der Waals surface area contributed by atoms with E-state index in [1.54, 1.807) is 18.2 Å². The quantitative estimate of drug-likeness (QED) is 0.312. The number of ether oxygens (including phenoxy) is 1. The van der Waals surface area contributed by atoms with Crippen LogP contribution in [0.2, 0.25) is 0 Å². The molecule has 0 saturated carbocycles. The molecule has 154 valence electrons. The van der Waals surface area contributed by atoms with Gasteiger partial charge in [0.15, 0.2) is 0 Å². The van der Waals surface area contributed by atoms with Crippen molar-refractivity contribution in [2.45, 2.75) is 30.5 Å². The second-order valence-electron chi connectivity index (χ2n) is 5.81. The monoisotopic (exact) mass is 410 g/mol. The van der Waals surface area contributed by atoms with E-state index in [1.807, 2.05) is 0 Å². The minimum absolute atomic E-state index is 0. The number of nitrogens with one attached hydrogen (secondary N) is 1. The molecule has 27 heavy (non-hydrogen) atoms. The maximum absolute atomic E-state index is 12.3. The van der Waals surface area contributed by atoms with Crippen LogP contribution in [0.4, 0.5) is 4.79 Å². The number of urea groups is 1. The van der Waals surface area contributed by atoms with Crippen molar-refractivity contribution in [2.75, 3.05) is 6.61 Å². The first-order chi connectivity index (χ1) is 11.7. The molecule has 14 heteroatoms. The number of phosphoric ester groups is 1. The number of phosphoric acid groups is 1. The van der Waals surface area contributed by atoms with E-state index in [0.29, 0.717) is 0 Å². The Morgan fingerprint density at radius 2 is 1.89 bits per heavy atom. The fourth-order valence-corrected chi connectivity index (χ4v) is 3.47. The van der Waals surface area contributed by atoms with Crippen LogP contribution in [0, 0.1) is 5.92 Å². The first-order valence-corrected chi connectivity index (χ1v) is 8.81. The van der Waals surface area contributed by atoms with Crippen LogP contribution in [0.3, 0.4) is 0 Å². The maximum Gasteiger partial charge on any atom is 0.328 e. The molecule has 0 aromatic heterocycles. The summed E-state index contributed by atoms with van der Waals surface area (Å²) < 4.78 is 20.0. The summed E-state index contributed by atoms with van der Waals surface area (Å²) in [5.74, 6) is -1.76. The van der Waals surface area contributed by atoms with Crippen LogP contribution in [-0.4, -0.2) is 64.1 Å². The Morgan fingerprint density at radius 1 is 1.22 bits per heavy atom. The standard InChI is InChI=1S/C13H17N2O9P.2H3N/c16-9-7(5-23-25(20,21)22)24-11(10(9)17)8-6-3-1-2-4-15(6)13(19)14-12(8)18;;/h1-4,6-11,16-17H,5H2,(H,14,18,19)(H2,20,21,22);2*1H3/t6?,7-,8?,9-,10-,11+;;/m1../s1. The van der Waals surface area contributed by atoms with Crippen molar-refractivity contribution in [3.63, 3.8) is 0 Å². The number of hydrogen-bond acceptors (Lipinski definition) is 9. The van der Waals surface area contributed by atoms with Gasteiger partial charge in [-0.3, -0.25) is 15.0 Å². The highest BCUT2D eigenvalue weighted by Gasteiger charge is 2.53. The minimum Gasteiger partial charge on any atom is -0.790 e.